The third-order valence-electron chi connectivity index (χ3n) is 4.80. The molecule has 3 rings (SSSR count). The van der Waals surface area contributed by atoms with Gasteiger partial charge in [-0.05, 0) is 58.9 Å². The van der Waals surface area contributed by atoms with Gasteiger partial charge in [-0.3, -0.25) is 0 Å². The Morgan fingerprint density at radius 3 is 2.85 bits per heavy atom. The summed E-state index contributed by atoms with van der Waals surface area (Å²) >= 11 is 0. The second-order valence-corrected chi connectivity index (χ2v) is 6.73. The molecule has 1 aromatic rings. The monoisotopic (exact) mass is 276 g/mol. The van der Waals surface area contributed by atoms with Gasteiger partial charge in [-0.2, -0.15) is 0 Å². The molecule has 2 aliphatic rings. The van der Waals surface area contributed by atoms with Crippen LogP contribution in [0.15, 0.2) is 6.20 Å². The Hall–Kier alpha value is -1.03. The van der Waals surface area contributed by atoms with Crippen LogP contribution in [-0.2, 0) is 0 Å². The van der Waals surface area contributed by atoms with Crippen molar-refractivity contribution in [3.05, 3.63) is 11.9 Å². The van der Waals surface area contributed by atoms with Crippen molar-refractivity contribution in [2.45, 2.75) is 58.5 Å². The van der Waals surface area contributed by atoms with Crippen molar-refractivity contribution in [1.29, 1.82) is 0 Å². The first kappa shape index (κ1) is 13.9. The number of imidazole rings is 1. The zero-order valence-electron chi connectivity index (χ0n) is 13.1. The van der Waals surface area contributed by atoms with Crippen LogP contribution in [0.25, 0.3) is 0 Å². The molecule has 3 heterocycles. The van der Waals surface area contributed by atoms with Gasteiger partial charge < -0.3 is 14.8 Å². The minimum Gasteiger partial charge on any atom is -0.342 e. The fourth-order valence-corrected chi connectivity index (χ4v) is 3.75. The van der Waals surface area contributed by atoms with Gasteiger partial charge in [0, 0.05) is 31.4 Å². The van der Waals surface area contributed by atoms with Gasteiger partial charge in [0.15, 0.2) is 0 Å². The summed E-state index contributed by atoms with van der Waals surface area (Å²) in [5.74, 6) is 1.98. The first-order valence-corrected chi connectivity index (χ1v) is 8.19. The van der Waals surface area contributed by atoms with Crippen LogP contribution >= 0.6 is 0 Å². The Kier molecular flexibility index (Phi) is 4.01. The third-order valence-corrected chi connectivity index (χ3v) is 4.80. The van der Waals surface area contributed by atoms with Crippen molar-refractivity contribution in [2.24, 2.45) is 5.92 Å². The molecule has 0 saturated carbocycles. The molecule has 1 N–H and O–H groups in total. The van der Waals surface area contributed by atoms with Gasteiger partial charge in [0.1, 0.15) is 0 Å². The highest BCUT2D eigenvalue weighted by molar-refractivity contribution is 5.35. The van der Waals surface area contributed by atoms with E-state index in [1.807, 2.05) is 0 Å². The number of rotatable bonds is 3. The fourth-order valence-electron chi connectivity index (χ4n) is 3.75. The van der Waals surface area contributed by atoms with Gasteiger partial charge in [-0.15, -0.1) is 0 Å². The van der Waals surface area contributed by atoms with Gasteiger partial charge in [-0.25, -0.2) is 4.98 Å². The van der Waals surface area contributed by atoms with Crippen molar-refractivity contribution in [3.63, 3.8) is 0 Å². The zero-order chi connectivity index (χ0) is 14.1. The van der Waals surface area contributed by atoms with Crippen LogP contribution in [0.4, 0.5) is 5.95 Å². The second-order valence-electron chi connectivity index (χ2n) is 6.73. The molecule has 1 aromatic heterocycles. The molecule has 4 nitrogen and oxygen atoms in total. The van der Waals surface area contributed by atoms with Crippen molar-refractivity contribution in [3.8, 4) is 0 Å². The van der Waals surface area contributed by atoms with Crippen molar-refractivity contribution in [2.75, 3.05) is 24.5 Å². The molecule has 0 aromatic carbocycles. The molecule has 2 aliphatic heterocycles. The molecule has 2 saturated heterocycles. The Balaban J connectivity index is 1.76. The van der Waals surface area contributed by atoms with Crippen LogP contribution in [0, 0.1) is 12.8 Å². The highest BCUT2D eigenvalue weighted by atomic mass is 15.3. The molecule has 112 valence electrons. The average molecular weight is 276 g/mol. The van der Waals surface area contributed by atoms with Gasteiger partial charge in [0.05, 0.1) is 5.69 Å². The SMILES string of the molecule is Cc1cn(C(C)C)c(N2CCCC(C3CCCN3)C2)n1. The van der Waals surface area contributed by atoms with E-state index in [2.05, 4.69) is 41.8 Å². The smallest absolute Gasteiger partial charge is 0.205 e. The lowest BCUT2D eigenvalue weighted by Crippen LogP contribution is -2.44. The Morgan fingerprint density at radius 2 is 2.15 bits per heavy atom. The van der Waals surface area contributed by atoms with E-state index in [-0.39, 0.29) is 0 Å². The van der Waals surface area contributed by atoms with Crippen LogP contribution in [0.5, 0.6) is 0 Å². The van der Waals surface area contributed by atoms with Crippen molar-refractivity contribution >= 4 is 5.95 Å². The molecular weight excluding hydrogens is 248 g/mol. The molecule has 2 fully saturated rings. The minimum atomic E-state index is 0.483. The number of hydrogen-bond donors (Lipinski definition) is 1. The maximum absolute atomic E-state index is 4.79. The van der Waals surface area contributed by atoms with Gasteiger partial charge in [-0.1, -0.05) is 0 Å². The number of aryl methyl sites for hydroxylation is 1. The molecule has 0 bridgehead atoms. The highest BCUT2D eigenvalue weighted by Crippen LogP contribution is 2.29. The molecule has 0 aliphatic carbocycles. The van der Waals surface area contributed by atoms with Gasteiger partial charge >= 0.3 is 0 Å². The summed E-state index contributed by atoms with van der Waals surface area (Å²) in [6.45, 7) is 10.1. The van der Waals surface area contributed by atoms with Gasteiger partial charge in [0.25, 0.3) is 0 Å². The Morgan fingerprint density at radius 1 is 1.30 bits per heavy atom. The molecule has 2 unspecified atom stereocenters. The zero-order valence-corrected chi connectivity index (χ0v) is 13.1. The number of aromatic nitrogens is 2. The number of nitrogens with zero attached hydrogens (tertiary/aromatic N) is 3. The maximum Gasteiger partial charge on any atom is 0.205 e. The summed E-state index contributed by atoms with van der Waals surface area (Å²) in [7, 11) is 0. The first-order chi connectivity index (χ1) is 9.65. The summed E-state index contributed by atoms with van der Waals surface area (Å²) in [5, 5.41) is 3.69. The van der Waals surface area contributed by atoms with E-state index in [1.54, 1.807) is 0 Å². The molecule has 0 spiro atoms. The quantitative estimate of drug-likeness (QED) is 0.921. The van der Waals surface area contributed by atoms with Crippen molar-refractivity contribution in [1.82, 2.24) is 14.9 Å². The first-order valence-electron chi connectivity index (χ1n) is 8.19. The van der Waals surface area contributed by atoms with E-state index >= 15 is 0 Å². The summed E-state index contributed by atoms with van der Waals surface area (Å²) in [6, 6.07) is 1.22. The van der Waals surface area contributed by atoms with Crippen LogP contribution in [-0.4, -0.2) is 35.2 Å². The topological polar surface area (TPSA) is 33.1 Å². The van der Waals surface area contributed by atoms with E-state index in [1.165, 1.54) is 44.7 Å². The molecule has 0 radical (unpaired) electrons. The molecule has 20 heavy (non-hydrogen) atoms. The summed E-state index contributed by atoms with van der Waals surface area (Å²) in [4.78, 5) is 7.30. The predicted molar refractivity (Wildman–Crippen MR) is 83.3 cm³/mol. The largest absolute Gasteiger partial charge is 0.342 e. The maximum atomic E-state index is 4.79. The molecule has 0 amide bonds. The van der Waals surface area contributed by atoms with Gasteiger partial charge in [0.2, 0.25) is 5.95 Å². The number of hydrogen-bond acceptors (Lipinski definition) is 3. The Labute approximate surface area is 122 Å². The fraction of sp³-hybridized carbons (Fsp3) is 0.812. The number of nitrogens with one attached hydrogen (secondary N) is 1. The highest BCUT2D eigenvalue weighted by Gasteiger charge is 2.30. The number of piperidine rings is 1. The molecule has 2 atom stereocenters. The van der Waals surface area contributed by atoms with E-state index in [0.29, 0.717) is 6.04 Å². The standard InChI is InChI=1S/C16H28N4/c1-12(2)20-10-13(3)18-16(20)19-9-5-6-14(11-19)15-7-4-8-17-15/h10,12,14-15,17H,4-9,11H2,1-3H3. The van der Waals surface area contributed by atoms with Crippen molar-refractivity contribution < 1.29 is 0 Å². The lowest BCUT2D eigenvalue weighted by atomic mass is 9.90. The predicted octanol–water partition coefficient (Wildman–Crippen LogP) is 2.74. The lowest BCUT2D eigenvalue weighted by Gasteiger charge is -2.37. The molecular formula is C16H28N4. The van der Waals surface area contributed by atoms with Crippen LogP contribution in [0.2, 0.25) is 0 Å². The Bertz CT molecular complexity index is 445. The normalized spacial score (nSPS) is 27.5. The van der Waals surface area contributed by atoms with E-state index in [0.717, 1.165) is 24.2 Å². The van der Waals surface area contributed by atoms with Crippen LogP contribution in [0.1, 0.15) is 51.3 Å². The summed E-state index contributed by atoms with van der Waals surface area (Å²) in [6.07, 6.45) is 7.57. The second kappa shape index (κ2) is 5.76. The van der Waals surface area contributed by atoms with E-state index < -0.39 is 0 Å². The van der Waals surface area contributed by atoms with Crippen LogP contribution in [0.3, 0.4) is 0 Å². The van der Waals surface area contributed by atoms with Crippen LogP contribution < -0.4 is 10.2 Å². The molecule has 4 heteroatoms. The minimum absolute atomic E-state index is 0.483. The van der Waals surface area contributed by atoms with E-state index in [4.69, 9.17) is 4.98 Å². The lowest BCUT2D eigenvalue weighted by molar-refractivity contribution is 0.324. The average Bonchev–Trinajstić information content (AvgIpc) is 3.07. The van der Waals surface area contributed by atoms with E-state index in [9.17, 15) is 0 Å². The third kappa shape index (κ3) is 2.71. The number of anilines is 1. The summed E-state index contributed by atoms with van der Waals surface area (Å²) < 4.78 is 2.33. The summed E-state index contributed by atoms with van der Waals surface area (Å²) in [5.41, 5.74) is 1.13.